The monoisotopic (exact) mass is 444 g/mol. The average Bonchev–Trinajstić information content (AvgIpc) is 3.65. The predicted molar refractivity (Wildman–Crippen MR) is 115 cm³/mol. The molecule has 3 heterocycles. The van der Waals surface area contributed by atoms with Gasteiger partial charge in [0, 0.05) is 56.9 Å². The van der Waals surface area contributed by atoms with Crippen LogP contribution in [0.3, 0.4) is 0 Å². The summed E-state index contributed by atoms with van der Waals surface area (Å²) in [6.45, 7) is 4.13. The number of halogens is 1. The third-order valence-corrected chi connectivity index (χ3v) is 6.44. The van der Waals surface area contributed by atoms with Crippen LogP contribution in [0.1, 0.15) is 29.2 Å². The molecule has 2 aliphatic heterocycles. The largest absolute Gasteiger partial charge is 0.477 e. The number of aromatic nitrogens is 1. The Morgan fingerprint density at radius 1 is 1.00 bits per heavy atom. The Morgan fingerprint density at radius 2 is 1.66 bits per heavy atom. The molecule has 3 fully saturated rings. The molecule has 3 aliphatic rings. The van der Waals surface area contributed by atoms with Crippen molar-refractivity contribution in [1.82, 2.24) is 14.4 Å². The standard InChI is InChI=1S/C22H25FN4O5/c23-17-11-15-18(27(14-1-2-14)13-16(20(15)28)21(29)30)12-19(17)24-3-5-25(6-4-24)22(31)26-7-9-32-10-8-26/h11-14H,1-10H2,(H,29,30). The van der Waals surface area contributed by atoms with Crippen molar-refractivity contribution in [3.63, 3.8) is 0 Å². The van der Waals surface area contributed by atoms with E-state index in [1.807, 2.05) is 4.90 Å². The van der Waals surface area contributed by atoms with E-state index in [1.165, 1.54) is 6.20 Å². The zero-order valence-corrected chi connectivity index (χ0v) is 17.6. The fourth-order valence-electron chi connectivity index (χ4n) is 4.50. The van der Waals surface area contributed by atoms with Crippen LogP contribution >= 0.6 is 0 Å². The van der Waals surface area contributed by atoms with Crippen molar-refractivity contribution < 1.29 is 23.8 Å². The lowest BCUT2D eigenvalue weighted by molar-refractivity contribution is 0.0428. The first-order chi connectivity index (χ1) is 15.4. The molecule has 9 nitrogen and oxygen atoms in total. The number of pyridine rings is 1. The lowest BCUT2D eigenvalue weighted by atomic mass is 10.1. The van der Waals surface area contributed by atoms with Gasteiger partial charge in [-0.25, -0.2) is 14.0 Å². The molecule has 1 aliphatic carbocycles. The predicted octanol–water partition coefficient (Wildman–Crippen LogP) is 1.75. The molecule has 5 rings (SSSR count). The maximum Gasteiger partial charge on any atom is 0.341 e. The molecule has 0 unspecified atom stereocenters. The van der Waals surface area contributed by atoms with Crippen molar-refractivity contribution in [2.24, 2.45) is 0 Å². The first kappa shape index (κ1) is 20.7. The molecule has 1 aromatic heterocycles. The number of nitrogens with zero attached hydrogens (tertiary/aromatic N) is 4. The van der Waals surface area contributed by atoms with Crippen molar-refractivity contribution in [1.29, 1.82) is 0 Å². The van der Waals surface area contributed by atoms with Crippen LogP contribution in [0.15, 0.2) is 23.1 Å². The number of carboxylic acids is 1. The summed E-state index contributed by atoms with van der Waals surface area (Å²) < 4.78 is 22.2. The maximum atomic E-state index is 15.1. The molecule has 0 spiro atoms. The van der Waals surface area contributed by atoms with Gasteiger partial charge in [0.15, 0.2) is 0 Å². The van der Waals surface area contributed by atoms with Gasteiger partial charge >= 0.3 is 12.0 Å². The first-order valence-electron chi connectivity index (χ1n) is 10.9. The number of morpholine rings is 1. The normalized spacial score (nSPS) is 19.5. The SMILES string of the molecule is O=C(O)c1cn(C2CC2)c2cc(N3CCN(C(=O)N4CCOCC4)CC3)c(F)cc2c1=O. The van der Waals surface area contributed by atoms with Crippen LogP contribution in [-0.2, 0) is 4.74 Å². The molecule has 2 saturated heterocycles. The van der Waals surface area contributed by atoms with E-state index >= 15 is 4.39 Å². The van der Waals surface area contributed by atoms with Crippen LogP contribution in [0, 0.1) is 5.82 Å². The molecule has 10 heteroatoms. The Kier molecular flexibility index (Phi) is 5.24. The molecular formula is C22H25FN4O5. The highest BCUT2D eigenvalue weighted by molar-refractivity contribution is 5.93. The van der Waals surface area contributed by atoms with Gasteiger partial charge in [0.1, 0.15) is 11.4 Å². The third kappa shape index (κ3) is 3.68. The molecule has 0 bridgehead atoms. The van der Waals surface area contributed by atoms with E-state index in [9.17, 15) is 19.5 Å². The number of hydrogen-bond donors (Lipinski definition) is 1. The van der Waals surface area contributed by atoms with Gasteiger partial charge in [-0.2, -0.15) is 0 Å². The Hall–Kier alpha value is -3.14. The summed E-state index contributed by atoms with van der Waals surface area (Å²) in [6, 6.07) is 2.91. The van der Waals surface area contributed by atoms with Crippen LogP contribution < -0.4 is 10.3 Å². The highest BCUT2D eigenvalue weighted by Gasteiger charge is 2.30. The first-order valence-corrected chi connectivity index (χ1v) is 10.9. The molecule has 0 atom stereocenters. The van der Waals surface area contributed by atoms with Gasteiger partial charge in [0.25, 0.3) is 0 Å². The molecule has 1 N–H and O–H groups in total. The number of urea groups is 1. The summed E-state index contributed by atoms with van der Waals surface area (Å²) in [7, 11) is 0. The highest BCUT2D eigenvalue weighted by Crippen LogP contribution is 2.38. The second-order valence-corrected chi connectivity index (χ2v) is 8.49. The van der Waals surface area contributed by atoms with Crippen molar-refractivity contribution >= 4 is 28.6 Å². The molecular weight excluding hydrogens is 419 g/mol. The number of aromatic carboxylic acids is 1. The maximum absolute atomic E-state index is 15.1. The van der Waals surface area contributed by atoms with E-state index in [-0.39, 0.29) is 23.0 Å². The summed E-state index contributed by atoms with van der Waals surface area (Å²) in [5.74, 6) is -1.87. The number of rotatable bonds is 3. The minimum absolute atomic E-state index is 0.0179. The number of amides is 2. The fourth-order valence-corrected chi connectivity index (χ4v) is 4.50. The van der Waals surface area contributed by atoms with Crippen molar-refractivity contribution in [3.05, 3.63) is 39.9 Å². The second-order valence-electron chi connectivity index (χ2n) is 8.49. The highest BCUT2D eigenvalue weighted by atomic mass is 19.1. The zero-order valence-electron chi connectivity index (χ0n) is 17.6. The summed E-state index contributed by atoms with van der Waals surface area (Å²) in [4.78, 5) is 42.3. The number of carbonyl (C=O) groups excluding carboxylic acids is 1. The van der Waals surface area contributed by atoms with Crippen LogP contribution in [0.2, 0.25) is 0 Å². The Labute approximate surface area is 183 Å². The summed E-state index contributed by atoms with van der Waals surface area (Å²) >= 11 is 0. The lowest BCUT2D eigenvalue weighted by Crippen LogP contribution is -2.55. The molecule has 2 aromatic rings. The fraction of sp³-hybridized carbons (Fsp3) is 0.500. The quantitative estimate of drug-likeness (QED) is 0.775. The third-order valence-electron chi connectivity index (χ3n) is 6.44. The number of fused-ring (bicyclic) bond motifs is 1. The van der Waals surface area contributed by atoms with E-state index < -0.39 is 17.2 Å². The van der Waals surface area contributed by atoms with Gasteiger partial charge in [-0.05, 0) is 25.0 Å². The van der Waals surface area contributed by atoms with Crippen LogP contribution in [0.5, 0.6) is 0 Å². The van der Waals surface area contributed by atoms with E-state index in [2.05, 4.69) is 0 Å². The summed E-state index contributed by atoms with van der Waals surface area (Å²) in [5.41, 5.74) is -0.0962. The van der Waals surface area contributed by atoms with Gasteiger partial charge in [-0.15, -0.1) is 0 Å². The van der Waals surface area contributed by atoms with Crippen molar-refractivity contribution in [2.45, 2.75) is 18.9 Å². The minimum Gasteiger partial charge on any atom is -0.477 e. The summed E-state index contributed by atoms with van der Waals surface area (Å²) in [6.07, 6.45) is 3.17. The van der Waals surface area contributed by atoms with E-state index in [0.717, 1.165) is 18.9 Å². The molecule has 32 heavy (non-hydrogen) atoms. The van der Waals surface area contributed by atoms with Gasteiger partial charge in [0.05, 0.1) is 24.4 Å². The zero-order chi connectivity index (χ0) is 22.4. The number of carbonyl (C=O) groups is 2. The Morgan fingerprint density at radius 3 is 2.28 bits per heavy atom. The van der Waals surface area contributed by atoms with Gasteiger partial charge < -0.3 is 29.1 Å². The molecule has 2 amide bonds. The number of benzene rings is 1. The average molecular weight is 444 g/mol. The lowest BCUT2D eigenvalue weighted by Gasteiger charge is -2.39. The Bertz CT molecular complexity index is 1130. The van der Waals surface area contributed by atoms with E-state index in [4.69, 9.17) is 4.74 Å². The van der Waals surface area contributed by atoms with Crippen LogP contribution in [0.4, 0.5) is 14.9 Å². The number of anilines is 1. The number of piperazine rings is 1. The smallest absolute Gasteiger partial charge is 0.341 e. The summed E-state index contributed by atoms with van der Waals surface area (Å²) in [5, 5.41) is 9.47. The van der Waals surface area contributed by atoms with Gasteiger partial charge in [-0.1, -0.05) is 0 Å². The molecule has 0 radical (unpaired) electrons. The van der Waals surface area contributed by atoms with Gasteiger partial charge in [-0.3, -0.25) is 4.79 Å². The van der Waals surface area contributed by atoms with Crippen molar-refractivity contribution in [2.75, 3.05) is 57.4 Å². The van der Waals surface area contributed by atoms with Gasteiger partial charge in [0.2, 0.25) is 5.43 Å². The molecule has 1 saturated carbocycles. The van der Waals surface area contributed by atoms with E-state index in [0.29, 0.717) is 63.7 Å². The molecule has 1 aromatic carbocycles. The molecule has 170 valence electrons. The number of hydrogen-bond acceptors (Lipinski definition) is 5. The topological polar surface area (TPSA) is 95.3 Å². The van der Waals surface area contributed by atoms with Crippen LogP contribution in [-0.4, -0.2) is 84.0 Å². The van der Waals surface area contributed by atoms with Crippen molar-refractivity contribution in [3.8, 4) is 0 Å². The Balaban J connectivity index is 1.41. The number of carboxylic acid groups (broad SMARTS) is 1. The minimum atomic E-state index is -1.31. The van der Waals surface area contributed by atoms with E-state index in [1.54, 1.807) is 20.4 Å². The number of ether oxygens (including phenoxy) is 1. The second kappa shape index (κ2) is 8.09. The van der Waals surface area contributed by atoms with Crippen LogP contribution in [0.25, 0.3) is 10.9 Å².